The van der Waals surface area contributed by atoms with Crippen molar-refractivity contribution in [2.45, 2.75) is 13.0 Å². The Morgan fingerprint density at radius 3 is 2.55 bits per heavy atom. The van der Waals surface area contributed by atoms with Crippen molar-refractivity contribution >= 4 is 28.3 Å². The fourth-order valence-corrected chi connectivity index (χ4v) is 3.48. The maximum atomic E-state index is 13.0. The first kappa shape index (κ1) is 17.6. The number of halogens is 1. The van der Waals surface area contributed by atoms with E-state index in [2.05, 4.69) is 27.2 Å². The van der Waals surface area contributed by atoms with E-state index < -0.39 is 0 Å². The SMILES string of the molecule is O=c1c2cnc3nc(-c4ccc(Cl)cc4)nn3c2ccn1CCc1ccccc1. The van der Waals surface area contributed by atoms with Gasteiger partial charge in [-0.15, -0.1) is 5.10 Å². The summed E-state index contributed by atoms with van der Waals surface area (Å²) in [6.07, 6.45) is 4.16. The first-order chi connectivity index (χ1) is 14.2. The van der Waals surface area contributed by atoms with Crippen LogP contribution in [0.3, 0.4) is 0 Å². The Labute approximate surface area is 171 Å². The summed E-state index contributed by atoms with van der Waals surface area (Å²) in [5.74, 6) is 0.985. The molecule has 142 valence electrons. The van der Waals surface area contributed by atoms with E-state index >= 15 is 0 Å². The molecule has 0 aliphatic carbocycles. The molecule has 0 amide bonds. The van der Waals surface area contributed by atoms with Crippen molar-refractivity contribution in [2.24, 2.45) is 0 Å². The van der Waals surface area contributed by atoms with Crippen LogP contribution in [0.1, 0.15) is 5.56 Å². The van der Waals surface area contributed by atoms with Crippen LogP contribution in [0.15, 0.2) is 77.9 Å². The van der Waals surface area contributed by atoms with Crippen molar-refractivity contribution < 1.29 is 0 Å². The molecule has 3 heterocycles. The van der Waals surface area contributed by atoms with Crippen molar-refractivity contribution in [1.82, 2.24) is 24.1 Å². The lowest BCUT2D eigenvalue weighted by atomic mass is 10.1. The molecule has 0 atom stereocenters. The minimum absolute atomic E-state index is 0.0867. The van der Waals surface area contributed by atoms with Gasteiger partial charge in [-0.3, -0.25) is 4.79 Å². The molecule has 0 aliphatic heterocycles. The van der Waals surface area contributed by atoms with Gasteiger partial charge in [0.05, 0.1) is 10.9 Å². The number of aryl methyl sites for hydroxylation is 2. The van der Waals surface area contributed by atoms with Crippen LogP contribution in [0, 0.1) is 0 Å². The van der Waals surface area contributed by atoms with Crippen LogP contribution >= 0.6 is 11.6 Å². The molecule has 0 radical (unpaired) electrons. The lowest BCUT2D eigenvalue weighted by Gasteiger charge is -2.07. The molecule has 0 aliphatic rings. The predicted octanol–water partition coefficient (Wildman–Crippen LogP) is 4.00. The number of hydrogen-bond donors (Lipinski definition) is 0. The topological polar surface area (TPSA) is 65.1 Å². The molecule has 3 aromatic heterocycles. The van der Waals surface area contributed by atoms with Crippen LogP contribution in [0.25, 0.3) is 28.1 Å². The highest BCUT2D eigenvalue weighted by Crippen LogP contribution is 2.20. The van der Waals surface area contributed by atoms with Crippen molar-refractivity contribution in [1.29, 1.82) is 0 Å². The summed E-state index contributed by atoms with van der Waals surface area (Å²) in [7, 11) is 0. The third kappa shape index (κ3) is 3.28. The maximum absolute atomic E-state index is 13.0. The predicted molar refractivity (Wildman–Crippen MR) is 113 cm³/mol. The van der Waals surface area contributed by atoms with Crippen LogP contribution < -0.4 is 5.56 Å². The number of hydrogen-bond acceptors (Lipinski definition) is 4. The molecule has 0 saturated heterocycles. The van der Waals surface area contributed by atoms with Crippen LogP contribution in [0.4, 0.5) is 0 Å². The largest absolute Gasteiger partial charge is 0.314 e. The number of pyridine rings is 1. The van der Waals surface area contributed by atoms with E-state index in [-0.39, 0.29) is 5.56 Å². The molecule has 0 N–H and O–H groups in total. The third-order valence-electron chi connectivity index (χ3n) is 4.89. The standard InChI is InChI=1S/C22H16ClN5O/c23-17-8-6-16(7-9-17)20-25-22-24-14-18-19(28(22)26-20)11-13-27(21(18)29)12-10-15-4-2-1-3-5-15/h1-9,11,13-14H,10,12H2. The molecule has 5 rings (SSSR count). The molecule has 0 saturated carbocycles. The third-order valence-corrected chi connectivity index (χ3v) is 5.15. The van der Waals surface area contributed by atoms with E-state index in [1.165, 1.54) is 5.56 Å². The van der Waals surface area contributed by atoms with Gasteiger partial charge in [0.2, 0.25) is 0 Å². The van der Waals surface area contributed by atoms with Crippen molar-refractivity contribution in [3.8, 4) is 11.4 Å². The molecule has 7 heteroatoms. The molecule has 0 fully saturated rings. The average Bonchev–Trinajstić information content (AvgIpc) is 3.19. The number of benzene rings is 2. The summed E-state index contributed by atoms with van der Waals surface area (Å²) in [6, 6.07) is 19.3. The van der Waals surface area contributed by atoms with Crippen molar-refractivity contribution in [2.75, 3.05) is 0 Å². The second kappa shape index (κ2) is 7.14. The minimum Gasteiger partial charge on any atom is -0.314 e. The number of rotatable bonds is 4. The number of nitrogens with zero attached hydrogens (tertiary/aromatic N) is 5. The van der Waals surface area contributed by atoms with Crippen molar-refractivity contribution in [3.05, 3.63) is 94.0 Å². The van der Waals surface area contributed by atoms with E-state index in [9.17, 15) is 4.79 Å². The smallest absolute Gasteiger partial charge is 0.261 e. The van der Waals surface area contributed by atoms with Gasteiger partial charge in [0, 0.05) is 29.5 Å². The highest BCUT2D eigenvalue weighted by atomic mass is 35.5. The second-order valence-electron chi connectivity index (χ2n) is 6.76. The minimum atomic E-state index is -0.0867. The zero-order valence-corrected chi connectivity index (χ0v) is 16.1. The summed E-state index contributed by atoms with van der Waals surface area (Å²) in [4.78, 5) is 21.8. The van der Waals surface area contributed by atoms with Gasteiger partial charge in [-0.25, -0.2) is 4.98 Å². The Bertz CT molecular complexity index is 1370. The average molecular weight is 402 g/mol. The van der Waals surface area contributed by atoms with Gasteiger partial charge in [0.25, 0.3) is 11.3 Å². The van der Waals surface area contributed by atoms with Crippen LogP contribution in [-0.4, -0.2) is 24.1 Å². The van der Waals surface area contributed by atoms with Gasteiger partial charge < -0.3 is 4.57 Å². The molecular formula is C22H16ClN5O. The lowest BCUT2D eigenvalue weighted by Crippen LogP contribution is -2.21. The molecule has 6 nitrogen and oxygen atoms in total. The van der Waals surface area contributed by atoms with Crippen LogP contribution in [0.2, 0.25) is 5.02 Å². The maximum Gasteiger partial charge on any atom is 0.261 e. The van der Waals surface area contributed by atoms with E-state index in [4.69, 9.17) is 11.6 Å². The highest BCUT2D eigenvalue weighted by Gasteiger charge is 2.12. The summed E-state index contributed by atoms with van der Waals surface area (Å²) in [6.45, 7) is 0.601. The molecular weight excluding hydrogens is 386 g/mol. The summed E-state index contributed by atoms with van der Waals surface area (Å²) < 4.78 is 3.32. The second-order valence-corrected chi connectivity index (χ2v) is 7.20. The molecule has 0 unspecified atom stereocenters. The summed E-state index contributed by atoms with van der Waals surface area (Å²) >= 11 is 5.96. The van der Waals surface area contributed by atoms with Gasteiger partial charge in [0.15, 0.2) is 5.82 Å². The van der Waals surface area contributed by atoms with E-state index in [0.29, 0.717) is 34.1 Å². The zero-order valence-electron chi connectivity index (χ0n) is 15.4. The number of aromatic nitrogens is 5. The quantitative estimate of drug-likeness (QED) is 0.456. The zero-order chi connectivity index (χ0) is 19.8. The van der Waals surface area contributed by atoms with Gasteiger partial charge in [-0.1, -0.05) is 41.9 Å². The van der Waals surface area contributed by atoms with Crippen molar-refractivity contribution in [3.63, 3.8) is 0 Å². The van der Waals surface area contributed by atoms with Gasteiger partial charge in [-0.05, 0) is 42.3 Å². The fraction of sp³-hybridized carbons (Fsp3) is 0.0909. The van der Waals surface area contributed by atoms with Gasteiger partial charge >= 0.3 is 0 Å². The molecule has 2 aromatic carbocycles. The fourth-order valence-electron chi connectivity index (χ4n) is 3.35. The van der Waals surface area contributed by atoms with Crippen LogP contribution in [-0.2, 0) is 13.0 Å². The first-order valence-electron chi connectivity index (χ1n) is 9.24. The van der Waals surface area contributed by atoms with E-state index in [1.807, 2.05) is 36.4 Å². The van der Waals surface area contributed by atoms with Gasteiger partial charge in [-0.2, -0.15) is 9.50 Å². The molecule has 0 bridgehead atoms. The molecule has 5 aromatic rings. The normalized spacial score (nSPS) is 11.3. The molecule has 29 heavy (non-hydrogen) atoms. The summed E-state index contributed by atoms with van der Waals surface area (Å²) in [5.41, 5.74) is 2.63. The van der Waals surface area contributed by atoms with Crippen LogP contribution in [0.5, 0.6) is 0 Å². The lowest BCUT2D eigenvalue weighted by molar-refractivity contribution is 0.674. The summed E-state index contributed by atoms with van der Waals surface area (Å²) in [5, 5.41) is 5.72. The number of fused-ring (bicyclic) bond motifs is 3. The van der Waals surface area contributed by atoms with Gasteiger partial charge in [0.1, 0.15) is 0 Å². The Morgan fingerprint density at radius 2 is 1.76 bits per heavy atom. The Morgan fingerprint density at radius 1 is 0.966 bits per heavy atom. The Balaban J connectivity index is 1.54. The van der Waals surface area contributed by atoms with E-state index in [1.54, 1.807) is 33.6 Å². The van der Waals surface area contributed by atoms with E-state index in [0.717, 1.165) is 12.0 Å². The Kier molecular flexibility index (Phi) is 4.33. The Hall–Kier alpha value is -3.51. The molecule has 0 spiro atoms. The monoisotopic (exact) mass is 401 g/mol. The highest BCUT2D eigenvalue weighted by molar-refractivity contribution is 6.30. The first-order valence-corrected chi connectivity index (χ1v) is 9.62.